The van der Waals surface area contributed by atoms with Gasteiger partial charge in [-0.25, -0.2) is 9.78 Å². The quantitative estimate of drug-likeness (QED) is 0.346. The van der Waals surface area contributed by atoms with E-state index in [9.17, 15) is 18.0 Å². The van der Waals surface area contributed by atoms with Crippen molar-refractivity contribution < 1.29 is 32.5 Å². The number of alkyl halides is 3. The zero-order valence-electron chi connectivity index (χ0n) is 21.6. The molecule has 0 aliphatic carbocycles. The zero-order valence-corrected chi connectivity index (χ0v) is 21.6. The van der Waals surface area contributed by atoms with Crippen molar-refractivity contribution in [3.63, 3.8) is 0 Å². The fourth-order valence-corrected chi connectivity index (χ4v) is 5.31. The number of hydrogen-bond acceptors (Lipinski definition) is 7. The van der Waals surface area contributed by atoms with Gasteiger partial charge in [-0.05, 0) is 30.2 Å². The highest BCUT2D eigenvalue weighted by molar-refractivity contribution is 5.86. The summed E-state index contributed by atoms with van der Waals surface area (Å²) in [5.41, 5.74) is 1.35. The summed E-state index contributed by atoms with van der Waals surface area (Å²) < 4.78 is 56.0. The molecule has 2 aliphatic heterocycles. The van der Waals surface area contributed by atoms with Crippen molar-refractivity contribution in [1.29, 1.82) is 0 Å². The van der Waals surface area contributed by atoms with Crippen LogP contribution in [0.2, 0.25) is 0 Å². The van der Waals surface area contributed by atoms with E-state index in [4.69, 9.17) is 19.6 Å². The number of fused-ring (bicyclic) bond motifs is 2. The van der Waals surface area contributed by atoms with E-state index >= 15 is 0 Å². The largest absolute Gasteiger partial charge is 0.491 e. The average Bonchev–Trinajstić information content (AvgIpc) is 3.51. The summed E-state index contributed by atoms with van der Waals surface area (Å²) in [6, 6.07) is 9.61. The summed E-state index contributed by atoms with van der Waals surface area (Å²) in [6.45, 7) is 3.84. The Hall–Kier alpha value is -3.97. The van der Waals surface area contributed by atoms with Crippen molar-refractivity contribution in [3.05, 3.63) is 54.2 Å². The molecule has 40 heavy (non-hydrogen) atoms. The smallest absolute Gasteiger partial charge is 0.408 e. The van der Waals surface area contributed by atoms with E-state index in [-0.39, 0.29) is 30.5 Å². The van der Waals surface area contributed by atoms with Crippen molar-refractivity contribution in [3.8, 4) is 17.3 Å². The molecule has 2 N–H and O–H groups in total. The van der Waals surface area contributed by atoms with Crippen LogP contribution in [0.3, 0.4) is 0 Å². The summed E-state index contributed by atoms with van der Waals surface area (Å²) in [4.78, 5) is 17.0. The molecule has 0 bridgehead atoms. The van der Waals surface area contributed by atoms with Gasteiger partial charge < -0.3 is 19.9 Å². The summed E-state index contributed by atoms with van der Waals surface area (Å²) in [5, 5.41) is 20.5. The first-order chi connectivity index (χ1) is 19.1. The van der Waals surface area contributed by atoms with Gasteiger partial charge in [0.05, 0.1) is 19.8 Å². The van der Waals surface area contributed by atoms with Gasteiger partial charge in [-0.1, -0.05) is 31.2 Å². The molecule has 210 valence electrons. The zero-order chi connectivity index (χ0) is 28.1. The summed E-state index contributed by atoms with van der Waals surface area (Å²) in [5.74, 6) is 0.887. The van der Waals surface area contributed by atoms with Crippen LogP contribution in [-0.2, 0) is 4.74 Å². The average molecular weight is 557 g/mol. The molecule has 3 aromatic heterocycles. The van der Waals surface area contributed by atoms with Crippen molar-refractivity contribution in [2.45, 2.75) is 31.6 Å². The van der Waals surface area contributed by atoms with Crippen LogP contribution in [0.1, 0.15) is 24.9 Å². The molecule has 1 amide bonds. The molecule has 2 fully saturated rings. The van der Waals surface area contributed by atoms with E-state index < -0.39 is 24.4 Å². The maximum atomic E-state index is 14.3. The van der Waals surface area contributed by atoms with E-state index in [2.05, 4.69) is 22.4 Å². The number of carbonyl (C=O) groups is 1. The molecule has 0 unspecified atom stereocenters. The predicted molar refractivity (Wildman–Crippen MR) is 138 cm³/mol. The molecular weight excluding hydrogens is 529 g/mol. The number of hydrogen-bond donors (Lipinski definition) is 2. The second kappa shape index (κ2) is 9.89. The molecular formula is C27H27F3N6O4. The molecule has 6 rings (SSSR count). The van der Waals surface area contributed by atoms with Crippen LogP contribution in [0.5, 0.6) is 5.75 Å². The minimum Gasteiger partial charge on any atom is -0.491 e. The lowest BCUT2D eigenvalue weighted by molar-refractivity contribution is -0.184. The van der Waals surface area contributed by atoms with Gasteiger partial charge in [0.2, 0.25) is 0 Å². The van der Waals surface area contributed by atoms with Gasteiger partial charge in [0, 0.05) is 36.1 Å². The Balaban J connectivity index is 1.34. The monoisotopic (exact) mass is 556 g/mol. The van der Waals surface area contributed by atoms with Gasteiger partial charge in [-0.15, -0.1) is 10.2 Å². The number of benzene rings is 1. The molecule has 13 heteroatoms. The first kappa shape index (κ1) is 26.3. The van der Waals surface area contributed by atoms with Gasteiger partial charge in [0.15, 0.2) is 11.5 Å². The highest BCUT2D eigenvalue weighted by Gasteiger charge is 2.47. The topological polar surface area (TPSA) is 114 Å². The number of carboxylic acid groups (broad SMARTS) is 1. The van der Waals surface area contributed by atoms with Gasteiger partial charge in [0.25, 0.3) is 0 Å². The lowest BCUT2D eigenvalue weighted by atomic mass is 9.90. The molecule has 4 aromatic rings. The van der Waals surface area contributed by atoms with Crippen molar-refractivity contribution in [2.24, 2.45) is 5.41 Å². The molecule has 1 aromatic carbocycles. The summed E-state index contributed by atoms with van der Waals surface area (Å²) in [7, 11) is 0. The van der Waals surface area contributed by atoms with Gasteiger partial charge in [-0.2, -0.15) is 13.2 Å². The minimum absolute atomic E-state index is 0.00204. The number of halogens is 3. The number of amides is 1. The van der Waals surface area contributed by atoms with E-state index in [1.165, 1.54) is 27.6 Å². The molecule has 0 radical (unpaired) electrons. The first-order valence-electron chi connectivity index (χ1n) is 12.9. The second-order valence-corrected chi connectivity index (χ2v) is 10.7. The lowest BCUT2D eigenvalue weighted by Crippen LogP contribution is -2.44. The standard InChI is InChI=1S/C27H27F3N6O4/c1-26(13-39-14-26)15-40-20-4-2-3-16-5-7-19(32-22(16)20)24-34-33-21-8-6-17(11-36(21)24)23(27(28,29)30)35-10-9-18(12-35)31-25(37)38/h2-8,11,18,23,31H,9-10,12-15H2,1H3,(H,37,38)/t18-,23+/m0/s1. The highest BCUT2D eigenvalue weighted by Crippen LogP contribution is 2.40. The van der Waals surface area contributed by atoms with Gasteiger partial charge in [-0.3, -0.25) is 9.30 Å². The third-order valence-corrected chi connectivity index (χ3v) is 7.35. The van der Waals surface area contributed by atoms with Gasteiger partial charge >= 0.3 is 12.3 Å². The third-order valence-electron chi connectivity index (χ3n) is 7.35. The van der Waals surface area contributed by atoms with Crippen LogP contribution in [-0.4, -0.2) is 80.8 Å². The van der Waals surface area contributed by atoms with Crippen LogP contribution in [0.25, 0.3) is 28.1 Å². The SMILES string of the molecule is CC1(COc2cccc3ccc(-c4nnc5ccc([C@@H](N6CC[C@H](NC(=O)O)C6)C(F)(F)F)cn45)nc23)COC1. The number of ether oxygens (including phenoxy) is 2. The second-order valence-electron chi connectivity index (χ2n) is 10.7. The Morgan fingerprint density at radius 3 is 2.77 bits per heavy atom. The number of para-hydroxylation sites is 1. The number of nitrogens with one attached hydrogen (secondary N) is 1. The number of pyridine rings is 2. The highest BCUT2D eigenvalue weighted by atomic mass is 19.4. The molecule has 2 saturated heterocycles. The Morgan fingerprint density at radius 1 is 1.23 bits per heavy atom. The maximum absolute atomic E-state index is 14.3. The van der Waals surface area contributed by atoms with Crippen molar-refractivity contribution in [1.82, 2.24) is 29.8 Å². The molecule has 2 atom stereocenters. The number of rotatable bonds is 7. The molecule has 0 spiro atoms. The summed E-state index contributed by atoms with van der Waals surface area (Å²) in [6.07, 6.45) is -4.17. The number of aromatic nitrogens is 4. The fraction of sp³-hybridized carbons (Fsp3) is 0.407. The number of nitrogens with zero attached hydrogens (tertiary/aromatic N) is 5. The van der Waals surface area contributed by atoms with Crippen LogP contribution in [0, 0.1) is 5.41 Å². The van der Waals surface area contributed by atoms with Crippen LogP contribution in [0.4, 0.5) is 18.0 Å². The normalized spacial score (nSPS) is 19.9. The number of likely N-dealkylation sites (tertiary alicyclic amines) is 1. The molecule has 0 saturated carbocycles. The van der Waals surface area contributed by atoms with E-state index in [0.717, 1.165) is 5.39 Å². The van der Waals surface area contributed by atoms with E-state index in [1.54, 1.807) is 6.07 Å². The Labute approximate surface area is 226 Å². The van der Waals surface area contributed by atoms with E-state index in [0.29, 0.717) is 48.3 Å². The first-order valence-corrected chi connectivity index (χ1v) is 12.9. The maximum Gasteiger partial charge on any atom is 0.408 e. The van der Waals surface area contributed by atoms with Crippen LogP contribution < -0.4 is 10.1 Å². The van der Waals surface area contributed by atoms with Gasteiger partial charge in [0.1, 0.15) is 23.0 Å². The van der Waals surface area contributed by atoms with Crippen molar-refractivity contribution >= 4 is 22.6 Å². The molecule has 5 heterocycles. The fourth-order valence-electron chi connectivity index (χ4n) is 5.31. The van der Waals surface area contributed by atoms with Crippen LogP contribution >= 0.6 is 0 Å². The Bertz CT molecular complexity index is 1570. The minimum atomic E-state index is -4.59. The summed E-state index contributed by atoms with van der Waals surface area (Å²) >= 11 is 0. The molecule has 10 nitrogen and oxygen atoms in total. The predicted octanol–water partition coefficient (Wildman–Crippen LogP) is 4.31. The Morgan fingerprint density at radius 2 is 2.05 bits per heavy atom. The lowest BCUT2D eigenvalue weighted by Gasteiger charge is -2.37. The molecule has 2 aliphatic rings. The van der Waals surface area contributed by atoms with Crippen molar-refractivity contribution in [2.75, 3.05) is 32.9 Å². The third kappa shape index (κ3) is 5.02. The van der Waals surface area contributed by atoms with Crippen LogP contribution in [0.15, 0.2) is 48.7 Å². The van der Waals surface area contributed by atoms with E-state index in [1.807, 2.05) is 24.3 Å². The Kier molecular flexibility index (Phi) is 6.50.